The van der Waals surface area contributed by atoms with Gasteiger partial charge >= 0.3 is 0 Å². The number of benzene rings is 2. The number of ether oxygens (including phenoxy) is 1. The van der Waals surface area contributed by atoms with Crippen molar-refractivity contribution in [2.45, 2.75) is 19.9 Å². The first-order chi connectivity index (χ1) is 15.0. The molecule has 0 saturated carbocycles. The summed E-state index contributed by atoms with van der Waals surface area (Å²) in [5, 5.41) is 2.45. The van der Waals surface area contributed by atoms with Crippen molar-refractivity contribution in [2.24, 2.45) is 5.92 Å². The van der Waals surface area contributed by atoms with Gasteiger partial charge in [0, 0.05) is 25.1 Å². The van der Waals surface area contributed by atoms with E-state index in [0.717, 1.165) is 5.56 Å². The van der Waals surface area contributed by atoms with Crippen molar-refractivity contribution in [3.63, 3.8) is 0 Å². The molecule has 3 amide bonds. The van der Waals surface area contributed by atoms with Crippen molar-refractivity contribution in [2.75, 3.05) is 13.2 Å². The number of hydrogen-bond donors (Lipinski definition) is 3. The minimum absolute atomic E-state index is 0.0438. The highest BCUT2D eigenvalue weighted by atomic mass is 32.1. The van der Waals surface area contributed by atoms with Crippen molar-refractivity contribution >= 4 is 35.1 Å². The quantitative estimate of drug-likeness (QED) is 0.468. The number of hydrazine groups is 1. The van der Waals surface area contributed by atoms with E-state index in [4.69, 9.17) is 17.0 Å². The maximum atomic E-state index is 12.4. The highest BCUT2D eigenvalue weighted by Gasteiger charge is 2.34. The zero-order valence-corrected chi connectivity index (χ0v) is 17.9. The van der Waals surface area contributed by atoms with Crippen LogP contribution in [0.4, 0.5) is 0 Å². The number of carbonyl (C=O) groups excluding carboxylic acids is 3. The number of carbonyl (C=O) groups is 3. The lowest BCUT2D eigenvalue weighted by Crippen LogP contribution is -2.50. The Hall–Kier alpha value is -3.46. The summed E-state index contributed by atoms with van der Waals surface area (Å²) in [4.78, 5) is 38.5. The summed E-state index contributed by atoms with van der Waals surface area (Å²) in [6.45, 7) is 3.21. The summed E-state index contributed by atoms with van der Waals surface area (Å²) in [6.07, 6.45) is 0.131. The molecule has 1 unspecified atom stereocenters. The Kier molecular flexibility index (Phi) is 7.55. The molecule has 0 aliphatic carbocycles. The Bertz CT molecular complexity index is 950. The lowest BCUT2D eigenvalue weighted by atomic mass is 10.1. The molecule has 1 heterocycles. The molecule has 31 heavy (non-hydrogen) atoms. The first-order valence-corrected chi connectivity index (χ1v) is 10.3. The van der Waals surface area contributed by atoms with Crippen LogP contribution in [0.3, 0.4) is 0 Å². The molecule has 1 saturated heterocycles. The second-order valence-electron chi connectivity index (χ2n) is 7.02. The zero-order chi connectivity index (χ0) is 22.2. The van der Waals surface area contributed by atoms with Crippen LogP contribution in [0.25, 0.3) is 0 Å². The van der Waals surface area contributed by atoms with Crippen LogP contribution >= 0.6 is 12.2 Å². The molecule has 2 aromatic rings. The van der Waals surface area contributed by atoms with Crippen LogP contribution in [-0.2, 0) is 16.1 Å². The average molecular weight is 441 g/mol. The molecule has 8 nitrogen and oxygen atoms in total. The summed E-state index contributed by atoms with van der Waals surface area (Å²) >= 11 is 5.06. The topological polar surface area (TPSA) is 99.8 Å². The number of likely N-dealkylation sites (tertiary alicyclic amines) is 1. The third kappa shape index (κ3) is 6.26. The van der Waals surface area contributed by atoms with Gasteiger partial charge in [0.2, 0.25) is 11.8 Å². The van der Waals surface area contributed by atoms with Crippen LogP contribution in [0.15, 0.2) is 54.6 Å². The van der Waals surface area contributed by atoms with E-state index >= 15 is 0 Å². The minimum atomic E-state index is -0.492. The number of thiocarbonyl (C=S) groups is 1. The summed E-state index contributed by atoms with van der Waals surface area (Å²) in [7, 11) is 0. The van der Waals surface area contributed by atoms with Gasteiger partial charge in [-0.1, -0.05) is 30.3 Å². The number of nitrogens with one attached hydrogen (secondary N) is 3. The molecule has 3 rings (SSSR count). The molecule has 0 radical (unpaired) electrons. The standard InChI is InChI=1S/C22H24N4O4S/c1-2-30-18-10-8-16(9-11-18)20(28)23-22(31)25-24-21(29)17-12-19(27)26(14-17)13-15-6-4-3-5-7-15/h3-11,17H,2,12-14H2,1H3,(H,24,29)(H2,23,25,28,31). The second-order valence-corrected chi connectivity index (χ2v) is 7.42. The maximum absolute atomic E-state index is 12.4. The van der Waals surface area contributed by atoms with Crippen molar-refractivity contribution in [3.05, 3.63) is 65.7 Å². The first-order valence-electron chi connectivity index (χ1n) is 9.92. The van der Waals surface area contributed by atoms with Gasteiger partial charge in [0.05, 0.1) is 12.5 Å². The summed E-state index contributed by atoms with van der Waals surface area (Å²) < 4.78 is 5.34. The molecular formula is C22H24N4O4S. The predicted octanol–water partition coefficient (Wildman–Crippen LogP) is 1.77. The number of amides is 3. The van der Waals surface area contributed by atoms with Gasteiger partial charge in [0.1, 0.15) is 5.75 Å². The fourth-order valence-electron chi connectivity index (χ4n) is 3.20. The smallest absolute Gasteiger partial charge is 0.257 e. The van der Waals surface area contributed by atoms with E-state index in [-0.39, 0.29) is 23.3 Å². The molecule has 0 aromatic heterocycles. The van der Waals surface area contributed by atoms with Gasteiger partial charge in [-0.2, -0.15) is 0 Å². The predicted molar refractivity (Wildman–Crippen MR) is 119 cm³/mol. The number of nitrogens with zero attached hydrogens (tertiary/aromatic N) is 1. The maximum Gasteiger partial charge on any atom is 0.257 e. The van der Waals surface area contributed by atoms with Crippen LogP contribution in [0.1, 0.15) is 29.3 Å². The Labute approximate surface area is 185 Å². The van der Waals surface area contributed by atoms with E-state index in [1.807, 2.05) is 37.3 Å². The normalized spacial score (nSPS) is 15.3. The molecule has 1 fully saturated rings. The Morgan fingerprint density at radius 1 is 1.10 bits per heavy atom. The lowest BCUT2D eigenvalue weighted by molar-refractivity contribution is -0.129. The van der Waals surface area contributed by atoms with Crippen LogP contribution < -0.4 is 20.9 Å². The Balaban J connectivity index is 1.44. The summed E-state index contributed by atoms with van der Waals surface area (Å²) in [6, 6.07) is 16.2. The summed E-state index contributed by atoms with van der Waals surface area (Å²) in [5.41, 5.74) is 6.39. The Morgan fingerprint density at radius 3 is 2.48 bits per heavy atom. The highest BCUT2D eigenvalue weighted by Crippen LogP contribution is 2.20. The van der Waals surface area contributed by atoms with Crippen LogP contribution in [0.2, 0.25) is 0 Å². The van der Waals surface area contributed by atoms with Crippen molar-refractivity contribution in [1.29, 1.82) is 0 Å². The molecule has 162 valence electrons. The van der Waals surface area contributed by atoms with Gasteiger partial charge in [-0.25, -0.2) is 0 Å². The SMILES string of the molecule is CCOc1ccc(C(=O)NC(=S)NNC(=O)C2CC(=O)N(Cc3ccccc3)C2)cc1. The van der Waals surface area contributed by atoms with E-state index in [9.17, 15) is 14.4 Å². The molecule has 1 aliphatic rings. The van der Waals surface area contributed by atoms with E-state index in [2.05, 4.69) is 16.2 Å². The van der Waals surface area contributed by atoms with E-state index in [1.54, 1.807) is 29.2 Å². The molecule has 0 bridgehead atoms. The second kappa shape index (κ2) is 10.5. The monoisotopic (exact) mass is 440 g/mol. The van der Waals surface area contributed by atoms with Crippen LogP contribution in [0, 0.1) is 5.92 Å². The third-order valence-corrected chi connectivity index (χ3v) is 4.96. The molecule has 2 aromatic carbocycles. The summed E-state index contributed by atoms with van der Waals surface area (Å²) in [5.74, 6) is -0.676. The number of rotatable bonds is 6. The molecule has 1 atom stereocenters. The van der Waals surface area contributed by atoms with E-state index in [0.29, 0.717) is 31.0 Å². The third-order valence-electron chi connectivity index (χ3n) is 4.76. The molecule has 1 aliphatic heterocycles. The van der Waals surface area contributed by atoms with Gasteiger partial charge in [-0.3, -0.25) is 30.6 Å². The number of hydrogen-bond acceptors (Lipinski definition) is 5. The van der Waals surface area contributed by atoms with E-state index in [1.165, 1.54) is 0 Å². The first kappa shape index (κ1) is 22.2. The largest absolute Gasteiger partial charge is 0.494 e. The lowest BCUT2D eigenvalue weighted by Gasteiger charge is -2.17. The van der Waals surface area contributed by atoms with Crippen molar-refractivity contribution in [1.82, 2.24) is 21.1 Å². The van der Waals surface area contributed by atoms with Crippen LogP contribution in [-0.4, -0.2) is 40.9 Å². The fourth-order valence-corrected chi connectivity index (χ4v) is 3.34. The van der Waals surface area contributed by atoms with Crippen molar-refractivity contribution < 1.29 is 19.1 Å². The average Bonchev–Trinajstić information content (AvgIpc) is 3.13. The van der Waals surface area contributed by atoms with Gasteiger partial charge in [0.25, 0.3) is 5.91 Å². The minimum Gasteiger partial charge on any atom is -0.494 e. The zero-order valence-electron chi connectivity index (χ0n) is 17.1. The van der Waals surface area contributed by atoms with Gasteiger partial charge in [-0.05, 0) is 49.0 Å². The fraction of sp³-hybridized carbons (Fsp3) is 0.273. The van der Waals surface area contributed by atoms with Gasteiger partial charge < -0.3 is 9.64 Å². The Morgan fingerprint density at radius 2 is 1.81 bits per heavy atom. The van der Waals surface area contributed by atoms with Gasteiger partial charge in [-0.15, -0.1) is 0 Å². The molecular weight excluding hydrogens is 416 g/mol. The van der Waals surface area contributed by atoms with E-state index < -0.39 is 11.8 Å². The molecule has 9 heteroatoms. The van der Waals surface area contributed by atoms with Crippen molar-refractivity contribution in [3.8, 4) is 5.75 Å². The van der Waals surface area contributed by atoms with Gasteiger partial charge in [0.15, 0.2) is 5.11 Å². The van der Waals surface area contributed by atoms with Crippen LogP contribution in [0.5, 0.6) is 5.75 Å². The molecule has 0 spiro atoms. The molecule has 3 N–H and O–H groups in total. The highest BCUT2D eigenvalue weighted by molar-refractivity contribution is 7.80.